The van der Waals surface area contributed by atoms with Crippen molar-refractivity contribution in [2.45, 2.75) is 45.6 Å². The van der Waals surface area contributed by atoms with Gasteiger partial charge in [-0.05, 0) is 13.8 Å². The van der Waals surface area contributed by atoms with Crippen LogP contribution in [0.2, 0.25) is 0 Å². The number of hydrogen-bond donors (Lipinski definition) is 1. The van der Waals surface area contributed by atoms with E-state index in [-0.39, 0.29) is 11.0 Å². The third-order valence-electron chi connectivity index (χ3n) is 3.99. The molecule has 1 aliphatic rings. The van der Waals surface area contributed by atoms with Gasteiger partial charge in [0.1, 0.15) is 5.82 Å². The van der Waals surface area contributed by atoms with E-state index in [1.165, 1.54) is 11.5 Å². The van der Waals surface area contributed by atoms with Crippen molar-refractivity contribution in [2.75, 3.05) is 37.6 Å². The van der Waals surface area contributed by atoms with E-state index in [1.807, 2.05) is 0 Å². The Morgan fingerprint density at radius 1 is 1.10 bits per heavy atom. The van der Waals surface area contributed by atoms with Crippen LogP contribution < -0.4 is 10.6 Å². The third kappa shape index (κ3) is 3.30. The van der Waals surface area contributed by atoms with Crippen LogP contribution in [0.4, 0.5) is 5.13 Å². The van der Waals surface area contributed by atoms with Crippen LogP contribution >= 0.6 is 11.5 Å². The number of piperazine rings is 1. The maximum Gasteiger partial charge on any atom is 0.205 e. The largest absolute Gasteiger partial charge is 0.344 e. The van der Waals surface area contributed by atoms with E-state index >= 15 is 0 Å². The molecule has 114 valence electrons. The van der Waals surface area contributed by atoms with Gasteiger partial charge in [-0.2, -0.15) is 4.37 Å². The lowest BCUT2D eigenvalue weighted by Crippen LogP contribution is -2.57. The summed E-state index contributed by atoms with van der Waals surface area (Å²) in [5.74, 6) is 0.946. The molecule has 0 radical (unpaired) electrons. The number of nitrogens with two attached hydrogens (primary N) is 1. The molecule has 1 aromatic rings. The van der Waals surface area contributed by atoms with Crippen LogP contribution in [0.1, 0.15) is 40.4 Å². The van der Waals surface area contributed by atoms with Gasteiger partial charge in [-0.1, -0.05) is 20.8 Å². The van der Waals surface area contributed by atoms with E-state index in [4.69, 9.17) is 10.7 Å². The fraction of sp³-hybridized carbons (Fsp3) is 0.857. The first kappa shape index (κ1) is 15.7. The Bertz CT molecular complexity index is 441. The standard InChI is InChI=1S/C14H27N5S/c1-13(2,3)11-16-12(20-17-11)18-6-8-19(9-7-18)14(4,5)10-15/h6-10,15H2,1-5H3. The fourth-order valence-corrected chi connectivity index (χ4v) is 3.19. The van der Waals surface area contributed by atoms with Gasteiger partial charge in [0.05, 0.1) is 0 Å². The molecule has 1 saturated heterocycles. The molecule has 0 amide bonds. The topological polar surface area (TPSA) is 58.3 Å². The average molecular weight is 297 g/mol. The van der Waals surface area contributed by atoms with E-state index in [2.05, 4.69) is 48.8 Å². The monoisotopic (exact) mass is 297 g/mol. The van der Waals surface area contributed by atoms with Crippen LogP contribution in [0.15, 0.2) is 0 Å². The van der Waals surface area contributed by atoms with Crippen molar-refractivity contribution in [1.82, 2.24) is 14.3 Å². The summed E-state index contributed by atoms with van der Waals surface area (Å²) in [6, 6.07) is 0. The highest BCUT2D eigenvalue weighted by molar-refractivity contribution is 7.09. The summed E-state index contributed by atoms with van der Waals surface area (Å²) in [7, 11) is 0. The quantitative estimate of drug-likeness (QED) is 0.920. The van der Waals surface area contributed by atoms with Gasteiger partial charge in [0, 0.05) is 55.2 Å². The summed E-state index contributed by atoms with van der Waals surface area (Å²) < 4.78 is 4.50. The van der Waals surface area contributed by atoms with Crippen molar-refractivity contribution in [3.63, 3.8) is 0 Å². The molecule has 6 heteroatoms. The summed E-state index contributed by atoms with van der Waals surface area (Å²) in [6.45, 7) is 15.7. The average Bonchev–Trinajstić information content (AvgIpc) is 2.88. The number of nitrogens with zero attached hydrogens (tertiary/aromatic N) is 4. The van der Waals surface area contributed by atoms with E-state index in [0.29, 0.717) is 6.54 Å². The second-order valence-corrected chi connectivity index (χ2v) is 7.87. The maximum absolute atomic E-state index is 5.86. The van der Waals surface area contributed by atoms with Crippen LogP contribution in [0.5, 0.6) is 0 Å². The predicted molar refractivity (Wildman–Crippen MR) is 85.5 cm³/mol. The molecule has 2 N–H and O–H groups in total. The normalized spacial score (nSPS) is 18.6. The molecule has 0 unspecified atom stereocenters. The van der Waals surface area contributed by atoms with E-state index < -0.39 is 0 Å². The Kier molecular flexibility index (Phi) is 4.37. The van der Waals surface area contributed by atoms with E-state index in [9.17, 15) is 0 Å². The lowest BCUT2D eigenvalue weighted by Gasteiger charge is -2.43. The highest BCUT2D eigenvalue weighted by Crippen LogP contribution is 2.26. The van der Waals surface area contributed by atoms with Gasteiger partial charge in [0.25, 0.3) is 0 Å². The predicted octanol–water partition coefficient (Wildman–Crippen LogP) is 1.69. The summed E-state index contributed by atoms with van der Waals surface area (Å²) in [5.41, 5.74) is 5.97. The molecule has 0 atom stereocenters. The summed E-state index contributed by atoms with van der Waals surface area (Å²) in [4.78, 5) is 9.51. The first-order valence-electron chi connectivity index (χ1n) is 7.28. The van der Waals surface area contributed by atoms with Crippen LogP contribution in [0.3, 0.4) is 0 Å². The van der Waals surface area contributed by atoms with Crippen LogP contribution in [0.25, 0.3) is 0 Å². The Hall–Kier alpha value is -0.720. The minimum absolute atomic E-state index is 0.0259. The van der Waals surface area contributed by atoms with Crippen molar-refractivity contribution in [3.05, 3.63) is 5.82 Å². The summed E-state index contributed by atoms with van der Waals surface area (Å²) >= 11 is 1.52. The van der Waals surface area contributed by atoms with Crippen LogP contribution in [0, 0.1) is 0 Å². The lowest BCUT2D eigenvalue weighted by atomic mass is 9.96. The molecule has 2 rings (SSSR count). The molecule has 0 aliphatic carbocycles. The molecular weight excluding hydrogens is 270 g/mol. The molecule has 0 aromatic carbocycles. The van der Waals surface area contributed by atoms with Crippen LogP contribution in [-0.2, 0) is 5.41 Å². The second-order valence-electron chi connectivity index (χ2n) is 7.14. The Morgan fingerprint density at radius 3 is 2.15 bits per heavy atom. The minimum Gasteiger partial charge on any atom is -0.344 e. The number of rotatable bonds is 3. The molecule has 1 aliphatic heterocycles. The minimum atomic E-state index is 0.0259. The zero-order chi connectivity index (χ0) is 15.0. The van der Waals surface area contributed by atoms with E-state index in [1.54, 1.807) is 0 Å². The number of hydrogen-bond acceptors (Lipinski definition) is 6. The maximum atomic E-state index is 5.86. The van der Waals surface area contributed by atoms with Gasteiger partial charge in [0.2, 0.25) is 5.13 Å². The van der Waals surface area contributed by atoms with Crippen LogP contribution in [-0.4, -0.2) is 52.5 Å². The first-order chi connectivity index (χ1) is 9.24. The van der Waals surface area contributed by atoms with Crippen molar-refractivity contribution in [3.8, 4) is 0 Å². The van der Waals surface area contributed by atoms with Crippen molar-refractivity contribution in [1.29, 1.82) is 0 Å². The molecule has 0 spiro atoms. The fourth-order valence-electron chi connectivity index (χ4n) is 2.28. The highest BCUT2D eigenvalue weighted by Gasteiger charge is 2.30. The molecular formula is C14H27N5S. The Labute approximate surface area is 126 Å². The molecule has 2 heterocycles. The van der Waals surface area contributed by atoms with Crippen molar-refractivity contribution < 1.29 is 0 Å². The Balaban J connectivity index is 1.99. The molecule has 20 heavy (non-hydrogen) atoms. The van der Waals surface area contributed by atoms with Crippen molar-refractivity contribution >= 4 is 16.7 Å². The zero-order valence-electron chi connectivity index (χ0n) is 13.3. The van der Waals surface area contributed by atoms with Gasteiger partial charge < -0.3 is 10.6 Å². The van der Waals surface area contributed by atoms with Gasteiger partial charge >= 0.3 is 0 Å². The molecule has 1 fully saturated rings. The molecule has 0 bridgehead atoms. The van der Waals surface area contributed by atoms with E-state index in [0.717, 1.165) is 37.1 Å². The number of aromatic nitrogens is 2. The molecule has 0 saturated carbocycles. The first-order valence-corrected chi connectivity index (χ1v) is 8.05. The molecule has 5 nitrogen and oxygen atoms in total. The Morgan fingerprint density at radius 2 is 1.70 bits per heavy atom. The lowest BCUT2D eigenvalue weighted by molar-refractivity contribution is 0.119. The van der Waals surface area contributed by atoms with Gasteiger partial charge in [-0.3, -0.25) is 4.90 Å². The van der Waals surface area contributed by atoms with Crippen molar-refractivity contribution in [2.24, 2.45) is 5.73 Å². The molecule has 1 aromatic heterocycles. The summed E-state index contributed by atoms with van der Waals surface area (Å²) in [6.07, 6.45) is 0. The third-order valence-corrected chi connectivity index (χ3v) is 4.77. The number of anilines is 1. The zero-order valence-corrected chi connectivity index (χ0v) is 14.1. The highest BCUT2D eigenvalue weighted by atomic mass is 32.1. The van der Waals surface area contributed by atoms with Gasteiger partial charge in [0.15, 0.2) is 0 Å². The van der Waals surface area contributed by atoms with Gasteiger partial charge in [-0.25, -0.2) is 4.98 Å². The second kappa shape index (κ2) is 5.58. The SMILES string of the molecule is CC(C)(C)c1nsc(N2CCN(C(C)(C)CN)CC2)n1. The smallest absolute Gasteiger partial charge is 0.205 e. The van der Waals surface area contributed by atoms with Gasteiger partial charge in [-0.15, -0.1) is 0 Å². The summed E-state index contributed by atoms with van der Waals surface area (Å²) in [5, 5.41) is 1.06.